The Morgan fingerprint density at radius 2 is 1.21 bits per heavy atom. The van der Waals surface area contributed by atoms with Crippen molar-refractivity contribution in [1.82, 2.24) is 10.2 Å². The van der Waals surface area contributed by atoms with Gasteiger partial charge < -0.3 is 10.6 Å². The summed E-state index contributed by atoms with van der Waals surface area (Å²) in [7, 11) is 0. The first-order valence-electron chi connectivity index (χ1n) is 13.5. The number of nitrogens with zero attached hydrogens (tertiary/aromatic N) is 2. The van der Waals surface area contributed by atoms with E-state index in [0.29, 0.717) is 12.1 Å². The zero-order chi connectivity index (χ0) is 26.6. The van der Waals surface area contributed by atoms with Crippen molar-refractivity contribution in [2.24, 2.45) is 0 Å². The molecular formula is C33H30Cl2N4. The van der Waals surface area contributed by atoms with Gasteiger partial charge in [0.1, 0.15) is 0 Å². The molecule has 1 heterocycles. The van der Waals surface area contributed by atoms with E-state index in [-0.39, 0.29) is 5.92 Å². The number of hydrogen-bond donors (Lipinski definition) is 2. The molecule has 4 nitrogen and oxygen atoms in total. The van der Waals surface area contributed by atoms with Crippen molar-refractivity contribution in [2.75, 3.05) is 10.6 Å². The van der Waals surface area contributed by atoms with Crippen molar-refractivity contribution in [3.8, 4) is 0 Å². The minimum atomic E-state index is 0.0319. The molecule has 6 rings (SSSR count). The van der Waals surface area contributed by atoms with Gasteiger partial charge in [0, 0.05) is 39.1 Å². The van der Waals surface area contributed by atoms with Crippen molar-refractivity contribution in [1.29, 1.82) is 0 Å². The summed E-state index contributed by atoms with van der Waals surface area (Å²) in [6, 6.07) is 34.0. The zero-order valence-electron chi connectivity index (χ0n) is 21.5. The summed E-state index contributed by atoms with van der Waals surface area (Å²) in [6.45, 7) is 0. The maximum Gasteiger partial charge on any atom is 0.0950 e. The van der Waals surface area contributed by atoms with Crippen LogP contribution in [0.4, 0.5) is 11.4 Å². The average Bonchev–Trinajstić information content (AvgIpc) is 2.97. The van der Waals surface area contributed by atoms with Crippen molar-refractivity contribution in [2.45, 2.75) is 43.7 Å². The van der Waals surface area contributed by atoms with Crippen molar-refractivity contribution in [3.63, 3.8) is 0 Å². The van der Waals surface area contributed by atoms with E-state index in [2.05, 4.69) is 93.6 Å². The van der Waals surface area contributed by atoms with E-state index < -0.39 is 0 Å². The van der Waals surface area contributed by atoms with Gasteiger partial charge in [-0.15, -0.1) is 0 Å². The first-order chi connectivity index (χ1) is 19.1. The number of anilines is 2. The summed E-state index contributed by atoms with van der Waals surface area (Å²) in [6.07, 6.45) is 6.32. The maximum atomic E-state index is 6.23. The molecule has 0 amide bonds. The molecule has 2 N–H and O–H groups in total. The summed E-state index contributed by atoms with van der Waals surface area (Å²) in [5.41, 5.74) is 6.63. The van der Waals surface area contributed by atoms with E-state index in [1.165, 1.54) is 22.4 Å². The van der Waals surface area contributed by atoms with E-state index in [1.807, 2.05) is 30.5 Å². The Balaban J connectivity index is 1.26. The molecule has 0 bridgehead atoms. The van der Waals surface area contributed by atoms with Gasteiger partial charge in [-0.05, 0) is 90.9 Å². The van der Waals surface area contributed by atoms with Gasteiger partial charge in [-0.2, -0.15) is 10.2 Å². The Hall–Kier alpha value is -3.60. The number of nitrogens with one attached hydrogen (secondary N) is 2. The van der Waals surface area contributed by atoms with E-state index >= 15 is 0 Å². The fraction of sp³-hybridized carbons (Fsp3) is 0.212. The fourth-order valence-corrected chi connectivity index (χ4v) is 5.88. The highest BCUT2D eigenvalue weighted by atomic mass is 35.5. The molecule has 0 atom stereocenters. The third-order valence-corrected chi connectivity index (χ3v) is 8.14. The number of aromatic nitrogens is 2. The van der Waals surface area contributed by atoms with Crippen molar-refractivity contribution >= 4 is 45.5 Å². The molecular weight excluding hydrogens is 523 g/mol. The van der Waals surface area contributed by atoms with Crippen LogP contribution in [0.15, 0.2) is 103 Å². The third-order valence-electron chi connectivity index (χ3n) is 7.63. The molecule has 4 aromatic carbocycles. The lowest BCUT2D eigenvalue weighted by Crippen LogP contribution is -2.32. The van der Waals surface area contributed by atoms with Crippen LogP contribution in [0.5, 0.6) is 0 Å². The van der Waals surface area contributed by atoms with Crippen molar-refractivity contribution < 1.29 is 0 Å². The Morgan fingerprint density at radius 1 is 0.641 bits per heavy atom. The molecule has 0 aliphatic heterocycles. The Labute approximate surface area is 239 Å². The van der Waals surface area contributed by atoms with Crippen LogP contribution in [0.1, 0.15) is 48.3 Å². The molecule has 1 aliphatic carbocycles. The van der Waals surface area contributed by atoms with Gasteiger partial charge >= 0.3 is 0 Å². The molecule has 1 aliphatic rings. The highest BCUT2D eigenvalue weighted by molar-refractivity contribution is 6.30. The second-order valence-electron chi connectivity index (χ2n) is 10.3. The van der Waals surface area contributed by atoms with Gasteiger partial charge in [0.2, 0.25) is 0 Å². The molecule has 5 aromatic rings. The molecule has 1 fully saturated rings. The van der Waals surface area contributed by atoms with E-state index in [1.54, 1.807) is 0 Å². The number of halogens is 2. The minimum absolute atomic E-state index is 0.0319. The van der Waals surface area contributed by atoms with Gasteiger partial charge in [0.05, 0.1) is 17.4 Å². The lowest BCUT2D eigenvalue weighted by molar-refractivity contribution is 0.429. The van der Waals surface area contributed by atoms with Crippen LogP contribution in [0, 0.1) is 0 Å². The second-order valence-corrected chi connectivity index (χ2v) is 11.1. The summed E-state index contributed by atoms with van der Waals surface area (Å²) in [5, 5.41) is 18.8. The predicted molar refractivity (Wildman–Crippen MR) is 163 cm³/mol. The monoisotopic (exact) mass is 552 g/mol. The van der Waals surface area contributed by atoms with Crippen LogP contribution in [0.3, 0.4) is 0 Å². The number of hydrogen-bond acceptors (Lipinski definition) is 4. The molecule has 0 unspecified atom stereocenters. The van der Waals surface area contributed by atoms with Crippen LogP contribution in [0.25, 0.3) is 10.9 Å². The van der Waals surface area contributed by atoms with Gasteiger partial charge in [-0.1, -0.05) is 71.7 Å². The second kappa shape index (κ2) is 11.6. The topological polar surface area (TPSA) is 49.8 Å². The van der Waals surface area contributed by atoms with Crippen LogP contribution in [0.2, 0.25) is 10.0 Å². The summed E-state index contributed by atoms with van der Waals surface area (Å²) in [4.78, 5) is 0. The molecule has 6 heteroatoms. The number of fused-ring (bicyclic) bond motifs is 1. The molecule has 196 valence electrons. The van der Waals surface area contributed by atoms with E-state index in [4.69, 9.17) is 23.2 Å². The number of rotatable bonds is 7. The SMILES string of the molecule is Clc1ccc(C(c2ccc(Cl)cc2)c2ccc3nncc(NC4CCC(Nc5ccccc5)CC4)c3c2)cc1. The molecule has 0 saturated heterocycles. The standard InChI is InChI=1S/C33H30Cl2N4/c34-25-11-6-22(7-12-25)33(23-8-13-26(35)14-9-23)24-10-19-31-30(20-24)32(21-36-39-31)38-29-17-15-28(16-18-29)37-27-4-2-1-3-5-27/h1-14,19-21,28-29,33,37H,15-18H2,(H,38,39). The first-order valence-corrected chi connectivity index (χ1v) is 14.2. The van der Waals surface area contributed by atoms with Crippen LogP contribution in [-0.2, 0) is 0 Å². The zero-order valence-corrected chi connectivity index (χ0v) is 23.0. The average molecular weight is 554 g/mol. The summed E-state index contributed by atoms with van der Waals surface area (Å²) >= 11 is 12.5. The van der Waals surface area contributed by atoms with Gasteiger partial charge in [-0.3, -0.25) is 0 Å². The number of benzene rings is 4. The molecule has 39 heavy (non-hydrogen) atoms. The largest absolute Gasteiger partial charge is 0.382 e. The Bertz CT molecular complexity index is 1490. The van der Waals surface area contributed by atoms with E-state index in [0.717, 1.165) is 52.3 Å². The first kappa shape index (κ1) is 25.7. The molecule has 0 radical (unpaired) electrons. The summed E-state index contributed by atoms with van der Waals surface area (Å²) in [5.74, 6) is 0.0319. The fourth-order valence-electron chi connectivity index (χ4n) is 5.63. The molecule has 0 spiro atoms. The van der Waals surface area contributed by atoms with Crippen LogP contribution in [-0.4, -0.2) is 22.3 Å². The molecule has 1 aromatic heterocycles. The van der Waals surface area contributed by atoms with Crippen LogP contribution >= 0.6 is 23.2 Å². The summed E-state index contributed by atoms with van der Waals surface area (Å²) < 4.78 is 0. The third kappa shape index (κ3) is 6.03. The lowest BCUT2D eigenvalue weighted by atomic mass is 9.84. The normalized spacial score (nSPS) is 17.3. The van der Waals surface area contributed by atoms with E-state index in [9.17, 15) is 0 Å². The predicted octanol–water partition coefficient (Wildman–Crippen LogP) is 8.95. The smallest absolute Gasteiger partial charge is 0.0950 e. The molecule has 1 saturated carbocycles. The van der Waals surface area contributed by atoms with Gasteiger partial charge in [0.15, 0.2) is 0 Å². The Morgan fingerprint density at radius 3 is 1.82 bits per heavy atom. The quantitative estimate of drug-likeness (QED) is 0.198. The lowest BCUT2D eigenvalue weighted by Gasteiger charge is -2.31. The minimum Gasteiger partial charge on any atom is -0.382 e. The highest BCUT2D eigenvalue weighted by Gasteiger charge is 2.23. The maximum absolute atomic E-state index is 6.23. The van der Waals surface area contributed by atoms with Crippen molar-refractivity contribution in [3.05, 3.63) is 130 Å². The van der Waals surface area contributed by atoms with Gasteiger partial charge in [-0.25, -0.2) is 0 Å². The number of para-hydroxylation sites is 1. The highest BCUT2D eigenvalue weighted by Crippen LogP contribution is 2.36. The van der Waals surface area contributed by atoms with Crippen LogP contribution < -0.4 is 10.6 Å². The Kier molecular flexibility index (Phi) is 7.67. The van der Waals surface area contributed by atoms with Gasteiger partial charge in [0.25, 0.3) is 0 Å².